The molecule has 2 rings (SSSR count). The van der Waals surface area contributed by atoms with Crippen molar-refractivity contribution in [2.75, 3.05) is 0 Å². The minimum absolute atomic E-state index is 0.987. The number of aromatic nitrogens is 2. The van der Waals surface area contributed by atoms with E-state index >= 15 is 0 Å². The van der Waals surface area contributed by atoms with Crippen molar-refractivity contribution in [2.45, 2.75) is 0 Å². The first-order valence-corrected chi connectivity index (χ1v) is 3.92. The fourth-order valence-corrected chi connectivity index (χ4v) is 1.32. The van der Waals surface area contributed by atoms with Crippen molar-refractivity contribution in [1.82, 2.24) is 9.55 Å². The van der Waals surface area contributed by atoms with Crippen molar-refractivity contribution in [3.63, 3.8) is 0 Å². The lowest BCUT2D eigenvalue weighted by atomic mass is 10.6. The Hall–Kier alpha value is -0.960. The normalized spacial score (nSPS) is 14.8. The molecule has 50 valence electrons. The smallest absolute Gasteiger partial charge is 0.137 e. The maximum absolute atomic E-state index is 4.13. The Morgan fingerprint density at radius 1 is 1.40 bits per heavy atom. The Morgan fingerprint density at radius 3 is 3.40 bits per heavy atom. The summed E-state index contributed by atoms with van der Waals surface area (Å²) in [5.74, 6) is 0.987. The van der Waals surface area contributed by atoms with Crippen LogP contribution in [0, 0.1) is 0 Å². The molecule has 3 heteroatoms. The third kappa shape index (κ3) is 0.885. The maximum Gasteiger partial charge on any atom is 0.137 e. The summed E-state index contributed by atoms with van der Waals surface area (Å²) in [6.45, 7) is 0. The molecular formula is C7H6N2S. The monoisotopic (exact) mass is 150 g/mol. The van der Waals surface area contributed by atoms with Gasteiger partial charge < -0.3 is 4.57 Å². The Labute approximate surface area is 63.3 Å². The van der Waals surface area contributed by atoms with Crippen LogP contribution in [0.4, 0.5) is 0 Å². The molecule has 0 fully saturated rings. The molecule has 0 bridgehead atoms. The number of hydrogen-bond donors (Lipinski definition) is 0. The average molecular weight is 150 g/mol. The van der Waals surface area contributed by atoms with Gasteiger partial charge in [-0.15, -0.1) is 11.8 Å². The first-order chi connectivity index (χ1) is 4.97. The van der Waals surface area contributed by atoms with Gasteiger partial charge in [0.05, 0.1) is 0 Å². The molecule has 1 aliphatic heterocycles. The number of nitrogens with zero attached hydrogens (tertiary/aromatic N) is 2. The van der Waals surface area contributed by atoms with Gasteiger partial charge in [-0.05, 0) is 16.9 Å². The van der Waals surface area contributed by atoms with Gasteiger partial charge in [0.25, 0.3) is 0 Å². The minimum atomic E-state index is 0.987. The van der Waals surface area contributed by atoms with Crippen molar-refractivity contribution >= 4 is 24.0 Å². The van der Waals surface area contributed by atoms with E-state index in [2.05, 4.69) is 4.98 Å². The largest absolute Gasteiger partial charge is 0.307 e. The van der Waals surface area contributed by atoms with Gasteiger partial charge in [-0.25, -0.2) is 4.98 Å². The first kappa shape index (κ1) is 5.80. The molecule has 1 aromatic rings. The highest BCUT2D eigenvalue weighted by Gasteiger charge is 1.95. The molecule has 2 nitrogen and oxygen atoms in total. The molecule has 0 radical (unpaired) electrons. The summed E-state index contributed by atoms with van der Waals surface area (Å²) in [5, 5.41) is 4.04. The summed E-state index contributed by atoms with van der Waals surface area (Å²) in [7, 11) is 0. The van der Waals surface area contributed by atoms with E-state index in [4.69, 9.17) is 0 Å². The highest BCUT2D eigenvalue weighted by Crippen LogP contribution is 2.13. The number of hydrogen-bond acceptors (Lipinski definition) is 2. The van der Waals surface area contributed by atoms with E-state index < -0.39 is 0 Å². The number of thioether (sulfide) groups is 1. The third-order valence-electron chi connectivity index (χ3n) is 1.29. The molecule has 0 N–H and O–H groups in total. The molecule has 0 amide bonds. The van der Waals surface area contributed by atoms with Crippen molar-refractivity contribution in [3.8, 4) is 0 Å². The van der Waals surface area contributed by atoms with Crippen LogP contribution in [0.25, 0.3) is 12.3 Å². The fourth-order valence-electron chi connectivity index (χ4n) is 0.826. The van der Waals surface area contributed by atoms with Gasteiger partial charge in [0.15, 0.2) is 0 Å². The number of fused-ring (bicyclic) bond motifs is 1. The van der Waals surface area contributed by atoms with Crippen LogP contribution in [0.1, 0.15) is 5.82 Å². The molecule has 0 aliphatic carbocycles. The lowest BCUT2D eigenvalue weighted by Crippen LogP contribution is -1.85. The summed E-state index contributed by atoms with van der Waals surface area (Å²) in [6.07, 6.45) is 7.71. The van der Waals surface area contributed by atoms with Gasteiger partial charge in [-0.1, -0.05) is 0 Å². The van der Waals surface area contributed by atoms with Crippen molar-refractivity contribution < 1.29 is 0 Å². The van der Waals surface area contributed by atoms with Crippen LogP contribution in [0.5, 0.6) is 0 Å². The lowest BCUT2D eigenvalue weighted by Gasteiger charge is -1.90. The molecule has 0 saturated heterocycles. The van der Waals surface area contributed by atoms with Crippen LogP contribution in [0.3, 0.4) is 0 Å². The summed E-state index contributed by atoms with van der Waals surface area (Å²) in [5.41, 5.74) is 0. The Balaban J connectivity index is 2.56. The zero-order chi connectivity index (χ0) is 6.81. The van der Waals surface area contributed by atoms with E-state index in [0.717, 1.165) is 5.82 Å². The second-order valence-electron chi connectivity index (χ2n) is 1.92. The Bertz CT molecular complexity index is 259. The molecule has 2 heterocycles. The summed E-state index contributed by atoms with van der Waals surface area (Å²) < 4.78 is 1.98. The zero-order valence-corrected chi connectivity index (χ0v) is 6.08. The van der Waals surface area contributed by atoms with E-state index in [-0.39, 0.29) is 0 Å². The van der Waals surface area contributed by atoms with E-state index in [1.54, 1.807) is 18.0 Å². The molecule has 1 aromatic heterocycles. The first-order valence-electron chi connectivity index (χ1n) is 2.98. The van der Waals surface area contributed by atoms with Crippen molar-refractivity contribution in [1.29, 1.82) is 0 Å². The van der Waals surface area contributed by atoms with Gasteiger partial charge in [0.2, 0.25) is 0 Å². The molecule has 1 aliphatic rings. The molecule has 0 saturated carbocycles. The van der Waals surface area contributed by atoms with Gasteiger partial charge in [-0.2, -0.15) is 0 Å². The van der Waals surface area contributed by atoms with E-state index in [1.807, 2.05) is 33.9 Å². The Morgan fingerprint density at radius 2 is 2.40 bits per heavy atom. The van der Waals surface area contributed by atoms with Crippen LogP contribution in [0.15, 0.2) is 23.2 Å². The van der Waals surface area contributed by atoms with E-state index in [9.17, 15) is 0 Å². The lowest BCUT2D eigenvalue weighted by molar-refractivity contribution is 1.11. The van der Waals surface area contributed by atoms with Crippen LogP contribution < -0.4 is 0 Å². The van der Waals surface area contributed by atoms with Crippen LogP contribution in [0.2, 0.25) is 0 Å². The average Bonchev–Trinajstić information content (AvgIpc) is 2.28. The summed E-state index contributed by atoms with van der Waals surface area (Å²) >= 11 is 1.65. The third-order valence-corrected chi connectivity index (χ3v) is 1.87. The highest BCUT2D eigenvalue weighted by molar-refractivity contribution is 8.05. The topological polar surface area (TPSA) is 17.8 Å². The van der Waals surface area contributed by atoms with E-state index in [1.165, 1.54) is 0 Å². The maximum atomic E-state index is 4.13. The van der Waals surface area contributed by atoms with Gasteiger partial charge in [-0.3, -0.25) is 0 Å². The van der Waals surface area contributed by atoms with E-state index in [0.29, 0.717) is 0 Å². The molecule has 0 aromatic carbocycles. The molecule has 0 atom stereocenters. The number of rotatable bonds is 0. The molecule has 0 spiro atoms. The zero-order valence-electron chi connectivity index (χ0n) is 5.27. The molecule has 0 unspecified atom stereocenters. The highest BCUT2D eigenvalue weighted by atomic mass is 32.2. The van der Waals surface area contributed by atoms with Gasteiger partial charge in [0.1, 0.15) is 5.82 Å². The van der Waals surface area contributed by atoms with Crippen LogP contribution in [-0.2, 0) is 0 Å². The number of imidazole rings is 1. The van der Waals surface area contributed by atoms with Gasteiger partial charge >= 0.3 is 0 Å². The molecule has 10 heavy (non-hydrogen) atoms. The predicted molar refractivity (Wildman–Crippen MR) is 44.2 cm³/mol. The molecular weight excluding hydrogens is 144 g/mol. The quantitative estimate of drug-likeness (QED) is 0.563. The van der Waals surface area contributed by atoms with Gasteiger partial charge in [0, 0.05) is 18.6 Å². The summed E-state index contributed by atoms with van der Waals surface area (Å²) in [6, 6.07) is 0. The van der Waals surface area contributed by atoms with Crippen molar-refractivity contribution in [2.24, 2.45) is 0 Å². The minimum Gasteiger partial charge on any atom is -0.307 e. The second kappa shape index (κ2) is 2.34. The Kier molecular flexibility index (Phi) is 1.36. The fraction of sp³-hybridized carbons (Fsp3) is 0. The SMILES string of the molecule is C1=Cc2nccn2C=CS1. The summed E-state index contributed by atoms with van der Waals surface area (Å²) in [4.78, 5) is 4.13. The van der Waals surface area contributed by atoms with Crippen LogP contribution in [-0.4, -0.2) is 9.55 Å². The second-order valence-corrected chi connectivity index (χ2v) is 2.73. The van der Waals surface area contributed by atoms with Crippen molar-refractivity contribution in [3.05, 3.63) is 29.0 Å². The standard InChI is InChI=1S/C7H6N2S/c1-5-10-6-4-9-3-2-8-7(1)9/h1-6H. The predicted octanol–water partition coefficient (Wildman–Crippen LogP) is 2.03. The van der Waals surface area contributed by atoms with Crippen LogP contribution >= 0.6 is 11.8 Å².